The molecule has 1 atom stereocenters. The largest absolute Gasteiger partial charge is 0.465 e. The molecule has 1 aliphatic rings. The predicted octanol–water partition coefficient (Wildman–Crippen LogP) is 2.44. The van der Waals surface area contributed by atoms with E-state index in [1.165, 1.54) is 10.6 Å². The average Bonchev–Trinajstić information content (AvgIpc) is 2.73. The molecular weight excluding hydrogens is 301 g/mol. The molecule has 1 aromatic heterocycles. The molecule has 8 heteroatoms. The number of fused-ring (bicyclic) bond motifs is 1. The number of nitrogens with one attached hydrogen (secondary N) is 1. The first-order chi connectivity index (χ1) is 10.7. The SMILES string of the molecule is [2H]C1([2H])CC(n2c(=O)[nH]c3c(F)cc(Cl)cc32)CCN1C(=O)O. The van der Waals surface area contributed by atoms with Crippen molar-refractivity contribution in [2.75, 3.05) is 13.0 Å². The summed E-state index contributed by atoms with van der Waals surface area (Å²) in [5.74, 6) is -0.672. The van der Waals surface area contributed by atoms with Gasteiger partial charge in [-0.05, 0) is 25.0 Å². The van der Waals surface area contributed by atoms with Crippen LogP contribution in [0.15, 0.2) is 16.9 Å². The predicted molar refractivity (Wildman–Crippen MR) is 75.4 cm³/mol. The minimum atomic E-state index is -2.12. The number of hydrogen-bond donors (Lipinski definition) is 2. The Labute approximate surface area is 126 Å². The number of imidazole rings is 1. The van der Waals surface area contributed by atoms with E-state index in [1.807, 2.05) is 0 Å². The molecule has 6 nitrogen and oxygen atoms in total. The van der Waals surface area contributed by atoms with Crippen LogP contribution in [0.25, 0.3) is 11.0 Å². The second kappa shape index (κ2) is 5.07. The highest BCUT2D eigenvalue weighted by Gasteiger charge is 2.26. The van der Waals surface area contributed by atoms with Gasteiger partial charge in [-0.1, -0.05) is 11.6 Å². The molecule has 1 aliphatic heterocycles. The molecule has 2 aromatic rings. The Morgan fingerprint density at radius 1 is 1.52 bits per heavy atom. The highest BCUT2D eigenvalue weighted by molar-refractivity contribution is 6.31. The minimum Gasteiger partial charge on any atom is -0.465 e. The van der Waals surface area contributed by atoms with E-state index in [0.717, 1.165) is 6.07 Å². The van der Waals surface area contributed by atoms with Gasteiger partial charge in [-0.15, -0.1) is 0 Å². The van der Waals surface area contributed by atoms with Gasteiger partial charge >= 0.3 is 11.8 Å². The fourth-order valence-electron chi connectivity index (χ4n) is 2.57. The maximum atomic E-state index is 13.9. The first-order valence-electron chi connectivity index (χ1n) is 7.30. The van der Waals surface area contributed by atoms with Crippen molar-refractivity contribution in [2.45, 2.75) is 18.9 Å². The van der Waals surface area contributed by atoms with Gasteiger partial charge in [0.25, 0.3) is 0 Å². The van der Waals surface area contributed by atoms with E-state index in [2.05, 4.69) is 4.98 Å². The van der Waals surface area contributed by atoms with Gasteiger partial charge in [0.05, 0.1) is 5.52 Å². The van der Waals surface area contributed by atoms with E-state index >= 15 is 0 Å². The maximum absolute atomic E-state index is 13.9. The molecule has 112 valence electrons. The standard InChI is InChI=1S/C13H13ClFN3O3/c14-7-5-9(15)11-10(6-7)18(12(19)16-11)8-1-3-17(4-2-8)13(20)21/h5-6,8H,1-4H2,(H,16,19)(H,20,21)/i3D2. The molecule has 0 aliphatic carbocycles. The summed E-state index contributed by atoms with van der Waals surface area (Å²) in [6.07, 6.45) is -1.32. The van der Waals surface area contributed by atoms with Crippen LogP contribution >= 0.6 is 11.6 Å². The van der Waals surface area contributed by atoms with Gasteiger partial charge in [0.1, 0.15) is 11.3 Å². The summed E-state index contributed by atoms with van der Waals surface area (Å²) in [6, 6.07) is 1.91. The van der Waals surface area contributed by atoms with Crippen molar-refractivity contribution >= 4 is 28.7 Å². The molecule has 0 spiro atoms. The molecule has 21 heavy (non-hydrogen) atoms. The number of nitrogens with zero attached hydrogens (tertiary/aromatic N) is 2. The van der Waals surface area contributed by atoms with Crippen molar-refractivity contribution in [1.29, 1.82) is 0 Å². The Kier molecular flexibility index (Phi) is 2.80. The van der Waals surface area contributed by atoms with Crippen molar-refractivity contribution in [3.8, 4) is 0 Å². The van der Waals surface area contributed by atoms with Gasteiger partial charge in [-0.2, -0.15) is 0 Å². The van der Waals surface area contributed by atoms with Gasteiger partial charge in [-0.3, -0.25) is 4.57 Å². The maximum Gasteiger partial charge on any atom is 0.407 e. The molecule has 3 rings (SSSR count). The van der Waals surface area contributed by atoms with Crippen molar-refractivity contribution in [3.05, 3.63) is 33.5 Å². The lowest BCUT2D eigenvalue weighted by Crippen LogP contribution is -2.39. The number of likely N-dealkylation sites (tertiary alicyclic amines) is 1. The number of amides is 1. The van der Waals surface area contributed by atoms with E-state index in [9.17, 15) is 14.0 Å². The normalized spacial score (nSPS) is 23.0. The average molecular weight is 316 g/mol. The molecule has 1 aromatic carbocycles. The Hall–Kier alpha value is -2.02. The second-order valence-corrected chi connectivity index (χ2v) is 5.26. The fourth-order valence-corrected chi connectivity index (χ4v) is 2.77. The van der Waals surface area contributed by atoms with Crippen LogP contribution in [-0.4, -0.2) is 38.7 Å². The molecule has 2 heterocycles. The number of rotatable bonds is 1. The quantitative estimate of drug-likeness (QED) is 0.848. The van der Waals surface area contributed by atoms with Gasteiger partial charge in [0, 0.05) is 26.8 Å². The monoisotopic (exact) mass is 315 g/mol. The van der Waals surface area contributed by atoms with Crippen LogP contribution in [0.1, 0.15) is 21.6 Å². The summed E-state index contributed by atoms with van der Waals surface area (Å²) in [5, 5.41) is 9.15. The van der Waals surface area contributed by atoms with Gasteiger partial charge in [-0.25, -0.2) is 14.0 Å². The number of benzene rings is 1. The summed E-state index contributed by atoms with van der Waals surface area (Å²) in [5.41, 5.74) is -0.337. The van der Waals surface area contributed by atoms with E-state index in [0.29, 0.717) is 4.90 Å². The van der Waals surface area contributed by atoms with Crippen LogP contribution in [0, 0.1) is 5.82 Å². The first kappa shape index (κ1) is 11.6. The number of aromatic amines is 1. The zero-order valence-corrected chi connectivity index (χ0v) is 11.5. The Bertz CT molecular complexity index is 851. The molecular formula is C13H13ClFN3O3. The lowest BCUT2D eigenvalue weighted by atomic mass is 10.0. The summed E-state index contributed by atoms with van der Waals surface area (Å²) < 4.78 is 30.9. The van der Waals surface area contributed by atoms with Crippen molar-refractivity contribution < 1.29 is 17.0 Å². The van der Waals surface area contributed by atoms with Crippen molar-refractivity contribution in [2.24, 2.45) is 0 Å². The van der Waals surface area contributed by atoms with Gasteiger partial charge < -0.3 is 15.0 Å². The highest BCUT2D eigenvalue weighted by atomic mass is 35.5. The Morgan fingerprint density at radius 3 is 2.95 bits per heavy atom. The molecule has 1 unspecified atom stereocenters. The zero-order valence-electron chi connectivity index (χ0n) is 12.8. The van der Waals surface area contributed by atoms with E-state index < -0.39 is 30.1 Å². The first-order valence-corrected chi connectivity index (χ1v) is 6.68. The van der Waals surface area contributed by atoms with E-state index in [4.69, 9.17) is 19.4 Å². The second-order valence-electron chi connectivity index (χ2n) is 4.82. The number of halogens is 2. The Balaban J connectivity index is 2.07. The minimum absolute atomic E-state index is 0.000579. The van der Waals surface area contributed by atoms with Gasteiger partial charge in [0.15, 0.2) is 0 Å². The van der Waals surface area contributed by atoms with Crippen LogP contribution in [0.5, 0.6) is 0 Å². The van der Waals surface area contributed by atoms with Gasteiger partial charge in [0.2, 0.25) is 0 Å². The number of hydrogen-bond acceptors (Lipinski definition) is 2. The van der Waals surface area contributed by atoms with Crippen molar-refractivity contribution in [1.82, 2.24) is 14.5 Å². The molecule has 0 bridgehead atoms. The summed E-state index contributed by atoms with van der Waals surface area (Å²) in [7, 11) is 0. The molecule has 0 radical (unpaired) electrons. The summed E-state index contributed by atoms with van der Waals surface area (Å²) in [4.78, 5) is 26.4. The lowest BCUT2D eigenvalue weighted by molar-refractivity contribution is 0.125. The van der Waals surface area contributed by atoms with Crippen LogP contribution in [0.2, 0.25) is 5.02 Å². The van der Waals surface area contributed by atoms with Crippen LogP contribution in [-0.2, 0) is 0 Å². The number of carboxylic acid groups (broad SMARTS) is 1. The molecule has 1 fully saturated rings. The number of H-pyrrole nitrogens is 1. The topological polar surface area (TPSA) is 78.3 Å². The summed E-state index contributed by atoms with van der Waals surface area (Å²) >= 11 is 5.84. The number of aromatic nitrogens is 2. The van der Waals surface area contributed by atoms with Crippen molar-refractivity contribution in [3.63, 3.8) is 0 Å². The van der Waals surface area contributed by atoms with Crippen LogP contribution in [0.3, 0.4) is 0 Å². The molecule has 1 amide bonds. The van der Waals surface area contributed by atoms with E-state index in [-0.39, 0.29) is 35.4 Å². The number of piperidine rings is 1. The molecule has 0 saturated carbocycles. The Morgan fingerprint density at radius 2 is 2.29 bits per heavy atom. The smallest absolute Gasteiger partial charge is 0.407 e. The third-order valence-corrected chi connectivity index (χ3v) is 3.76. The third kappa shape index (κ3) is 2.37. The zero-order chi connectivity index (χ0) is 16.9. The fraction of sp³-hybridized carbons (Fsp3) is 0.385. The highest BCUT2D eigenvalue weighted by Crippen LogP contribution is 2.27. The summed E-state index contributed by atoms with van der Waals surface area (Å²) in [6.45, 7) is -2.18. The lowest BCUT2D eigenvalue weighted by Gasteiger charge is -2.30. The van der Waals surface area contributed by atoms with Crippen LogP contribution < -0.4 is 5.69 Å². The third-order valence-electron chi connectivity index (χ3n) is 3.54. The van der Waals surface area contributed by atoms with E-state index in [1.54, 1.807) is 0 Å². The van der Waals surface area contributed by atoms with Crippen LogP contribution in [0.4, 0.5) is 9.18 Å². The number of carbonyl (C=O) groups is 1. The molecule has 2 N–H and O–H groups in total. The molecule has 1 saturated heterocycles.